The van der Waals surface area contributed by atoms with Gasteiger partial charge in [-0.3, -0.25) is 0 Å². The molecule has 0 bridgehead atoms. The molecule has 0 amide bonds. The Morgan fingerprint density at radius 3 is 2.43 bits per heavy atom. The van der Waals surface area contributed by atoms with Crippen molar-refractivity contribution in [3.8, 4) is 0 Å². The molecule has 106 valence electrons. The van der Waals surface area contributed by atoms with Gasteiger partial charge in [-0.05, 0) is 48.4 Å². The summed E-state index contributed by atoms with van der Waals surface area (Å²) in [5, 5.41) is 1.15. The smallest absolute Gasteiger partial charge is 0.137 e. The largest absolute Gasteiger partial charge is 0.459 e. The lowest BCUT2D eigenvalue weighted by Gasteiger charge is -2.16. The fourth-order valence-electron chi connectivity index (χ4n) is 3.47. The summed E-state index contributed by atoms with van der Waals surface area (Å²) < 4.78 is 6.05. The maximum atomic E-state index is 6.50. The van der Waals surface area contributed by atoms with E-state index in [-0.39, 0.29) is 6.04 Å². The quantitative estimate of drug-likeness (QED) is 0.764. The molecule has 1 heterocycles. The lowest BCUT2D eigenvalue weighted by Crippen LogP contribution is -2.21. The molecule has 0 saturated heterocycles. The minimum absolute atomic E-state index is 0.0378. The van der Waals surface area contributed by atoms with Gasteiger partial charge >= 0.3 is 0 Å². The Morgan fingerprint density at radius 1 is 1.05 bits per heavy atom. The van der Waals surface area contributed by atoms with Gasteiger partial charge in [-0.2, -0.15) is 0 Å². The predicted octanol–water partition coefficient (Wildman–Crippen LogP) is 4.16. The van der Waals surface area contributed by atoms with Crippen LogP contribution in [0.1, 0.15) is 28.5 Å². The van der Waals surface area contributed by atoms with Crippen LogP contribution >= 0.6 is 0 Å². The molecule has 1 aliphatic carbocycles. The van der Waals surface area contributed by atoms with E-state index in [1.807, 2.05) is 0 Å². The zero-order chi connectivity index (χ0) is 14.4. The fourth-order valence-corrected chi connectivity index (χ4v) is 3.47. The highest BCUT2D eigenvalue weighted by Crippen LogP contribution is 2.36. The first-order valence-corrected chi connectivity index (χ1v) is 7.54. The highest BCUT2D eigenvalue weighted by molar-refractivity contribution is 5.81. The summed E-state index contributed by atoms with van der Waals surface area (Å²) in [7, 11) is 0. The topological polar surface area (TPSA) is 39.2 Å². The maximum absolute atomic E-state index is 6.50. The van der Waals surface area contributed by atoms with Crippen molar-refractivity contribution >= 4 is 11.0 Å². The highest BCUT2D eigenvalue weighted by atomic mass is 16.3. The molecule has 0 spiro atoms. The second kappa shape index (κ2) is 4.74. The number of aryl methyl sites for hydroxylation is 1. The van der Waals surface area contributed by atoms with Crippen molar-refractivity contribution in [1.29, 1.82) is 0 Å². The third-order valence-electron chi connectivity index (χ3n) is 4.68. The first-order valence-electron chi connectivity index (χ1n) is 7.54. The number of furan rings is 1. The standard InChI is InChI=1S/C19H19NO/c1-12-5-4-8-15-11-17(21-19(12)15)18(20)16-9-13-6-2-3-7-14(13)10-16/h2-8,11,16,18H,9-10,20H2,1H3. The third-order valence-corrected chi connectivity index (χ3v) is 4.68. The molecule has 1 atom stereocenters. The molecule has 0 aliphatic heterocycles. The summed E-state index contributed by atoms with van der Waals surface area (Å²) in [6, 6.07) is 16.9. The van der Waals surface area contributed by atoms with E-state index in [9.17, 15) is 0 Å². The van der Waals surface area contributed by atoms with Gasteiger partial charge in [0.1, 0.15) is 11.3 Å². The van der Waals surface area contributed by atoms with Crippen LogP contribution < -0.4 is 5.73 Å². The number of hydrogen-bond acceptors (Lipinski definition) is 2. The van der Waals surface area contributed by atoms with Gasteiger partial charge in [-0.25, -0.2) is 0 Å². The highest BCUT2D eigenvalue weighted by Gasteiger charge is 2.29. The van der Waals surface area contributed by atoms with Crippen molar-refractivity contribution in [2.75, 3.05) is 0 Å². The first kappa shape index (κ1) is 12.7. The van der Waals surface area contributed by atoms with Gasteiger partial charge in [-0.1, -0.05) is 42.5 Å². The van der Waals surface area contributed by atoms with Crippen LogP contribution in [0.5, 0.6) is 0 Å². The fraction of sp³-hybridized carbons (Fsp3) is 0.263. The molecule has 1 aromatic heterocycles. The van der Waals surface area contributed by atoms with Crippen LogP contribution in [-0.2, 0) is 12.8 Å². The molecule has 1 unspecified atom stereocenters. The molecule has 2 nitrogen and oxygen atoms in total. The van der Waals surface area contributed by atoms with Crippen LogP contribution in [0.4, 0.5) is 0 Å². The number of benzene rings is 2. The number of fused-ring (bicyclic) bond motifs is 2. The maximum Gasteiger partial charge on any atom is 0.137 e. The lowest BCUT2D eigenvalue weighted by atomic mass is 9.95. The molecule has 3 aromatic rings. The molecule has 1 aliphatic rings. The summed E-state index contributed by atoms with van der Waals surface area (Å²) in [5.41, 5.74) is 11.5. The van der Waals surface area contributed by atoms with E-state index in [1.165, 1.54) is 16.7 Å². The minimum Gasteiger partial charge on any atom is -0.459 e. The van der Waals surface area contributed by atoms with E-state index < -0.39 is 0 Å². The van der Waals surface area contributed by atoms with Crippen molar-refractivity contribution < 1.29 is 4.42 Å². The molecule has 2 heteroatoms. The van der Waals surface area contributed by atoms with Crippen LogP contribution in [0, 0.1) is 12.8 Å². The Hall–Kier alpha value is -2.06. The third kappa shape index (κ3) is 2.07. The number of rotatable bonds is 2. The van der Waals surface area contributed by atoms with E-state index in [4.69, 9.17) is 10.2 Å². The average molecular weight is 277 g/mol. The van der Waals surface area contributed by atoms with Crippen molar-refractivity contribution in [1.82, 2.24) is 0 Å². The molecule has 4 rings (SSSR count). The van der Waals surface area contributed by atoms with E-state index in [2.05, 4.69) is 55.5 Å². The Morgan fingerprint density at radius 2 is 1.76 bits per heavy atom. The Kier molecular flexibility index (Phi) is 2.86. The molecule has 0 fully saturated rings. The number of para-hydroxylation sites is 1. The normalized spacial score (nSPS) is 16.3. The Balaban J connectivity index is 1.66. The molecule has 2 aromatic carbocycles. The van der Waals surface area contributed by atoms with Crippen molar-refractivity contribution in [3.63, 3.8) is 0 Å². The van der Waals surface area contributed by atoms with Gasteiger partial charge < -0.3 is 10.2 Å². The van der Waals surface area contributed by atoms with Gasteiger partial charge in [0.25, 0.3) is 0 Å². The van der Waals surface area contributed by atoms with E-state index in [1.54, 1.807) is 0 Å². The van der Waals surface area contributed by atoms with Crippen LogP contribution in [0.25, 0.3) is 11.0 Å². The summed E-state index contributed by atoms with van der Waals surface area (Å²) >= 11 is 0. The van der Waals surface area contributed by atoms with Gasteiger partial charge in [-0.15, -0.1) is 0 Å². The van der Waals surface area contributed by atoms with Gasteiger partial charge in [0.15, 0.2) is 0 Å². The van der Waals surface area contributed by atoms with Crippen molar-refractivity contribution in [2.24, 2.45) is 11.7 Å². The zero-order valence-corrected chi connectivity index (χ0v) is 12.2. The van der Waals surface area contributed by atoms with E-state index >= 15 is 0 Å². The van der Waals surface area contributed by atoms with Gasteiger partial charge in [0.2, 0.25) is 0 Å². The summed E-state index contributed by atoms with van der Waals surface area (Å²) in [4.78, 5) is 0. The summed E-state index contributed by atoms with van der Waals surface area (Å²) in [5.74, 6) is 1.35. The monoisotopic (exact) mass is 277 g/mol. The van der Waals surface area contributed by atoms with Crippen LogP contribution in [-0.4, -0.2) is 0 Å². The molecule has 0 radical (unpaired) electrons. The predicted molar refractivity (Wildman–Crippen MR) is 85.2 cm³/mol. The first-order chi connectivity index (χ1) is 10.2. The molecule has 2 N–H and O–H groups in total. The Bertz CT molecular complexity index is 777. The van der Waals surface area contributed by atoms with Crippen molar-refractivity contribution in [2.45, 2.75) is 25.8 Å². The number of hydrogen-bond donors (Lipinski definition) is 1. The minimum atomic E-state index is -0.0378. The molecular weight excluding hydrogens is 258 g/mol. The van der Waals surface area contributed by atoms with Gasteiger partial charge in [0, 0.05) is 5.39 Å². The van der Waals surface area contributed by atoms with Crippen LogP contribution in [0.2, 0.25) is 0 Å². The molecule has 0 saturated carbocycles. The Labute approximate surface area is 124 Å². The summed E-state index contributed by atoms with van der Waals surface area (Å²) in [6.45, 7) is 2.08. The van der Waals surface area contributed by atoms with Crippen LogP contribution in [0.3, 0.4) is 0 Å². The average Bonchev–Trinajstić information content (AvgIpc) is 3.11. The SMILES string of the molecule is Cc1cccc2cc(C(N)C3Cc4ccccc4C3)oc12. The second-order valence-corrected chi connectivity index (χ2v) is 6.10. The van der Waals surface area contributed by atoms with Gasteiger partial charge in [0.05, 0.1) is 6.04 Å². The van der Waals surface area contributed by atoms with Crippen molar-refractivity contribution in [3.05, 3.63) is 71.0 Å². The lowest BCUT2D eigenvalue weighted by molar-refractivity contribution is 0.385. The zero-order valence-electron chi connectivity index (χ0n) is 12.2. The molecule has 21 heavy (non-hydrogen) atoms. The van der Waals surface area contributed by atoms with E-state index in [0.717, 1.165) is 29.6 Å². The molecular formula is C19H19NO. The summed E-state index contributed by atoms with van der Waals surface area (Å²) in [6.07, 6.45) is 2.10. The van der Waals surface area contributed by atoms with E-state index in [0.29, 0.717) is 5.92 Å². The second-order valence-electron chi connectivity index (χ2n) is 6.10. The van der Waals surface area contributed by atoms with Crippen LogP contribution in [0.15, 0.2) is 52.9 Å². The number of nitrogens with two attached hydrogens (primary N) is 1.